The van der Waals surface area contributed by atoms with Crippen LogP contribution in [0.2, 0.25) is 0 Å². The first kappa shape index (κ1) is 31.6. The standard InChI is InChI=1S/C29H33F3N6O5S/c1-42-19-4-3-9-37(15-19)16-23-25(18-5-6-20(29(30,31)32)22(12-18)43-2)35-28(44-23)36-26(39)21-13-34-24(14-33-21)38-10-7-17(8-11-38)27(40)41/h5-6,12-14,17,19H,3-4,7-11,15-16H2,1-2H3,(H,40,41)(H,35,36,39)/t19-/m0/s1. The minimum atomic E-state index is -4.58. The third-order valence-corrected chi connectivity index (χ3v) is 8.86. The minimum Gasteiger partial charge on any atom is -0.496 e. The summed E-state index contributed by atoms with van der Waals surface area (Å²) in [6.45, 7) is 3.05. The van der Waals surface area contributed by atoms with Crippen molar-refractivity contribution in [3.05, 3.63) is 46.7 Å². The van der Waals surface area contributed by atoms with Gasteiger partial charge in [0.1, 0.15) is 17.3 Å². The molecule has 44 heavy (non-hydrogen) atoms. The monoisotopic (exact) mass is 634 g/mol. The number of ether oxygens (including phenoxy) is 2. The topological polar surface area (TPSA) is 130 Å². The molecule has 3 aromatic rings. The molecule has 2 aromatic heterocycles. The summed E-state index contributed by atoms with van der Waals surface area (Å²) < 4.78 is 51.2. The first-order valence-electron chi connectivity index (χ1n) is 14.2. The van der Waals surface area contributed by atoms with Crippen LogP contribution in [0.4, 0.5) is 24.1 Å². The first-order chi connectivity index (χ1) is 21.0. The first-order valence-corrected chi connectivity index (χ1v) is 15.0. The zero-order valence-corrected chi connectivity index (χ0v) is 25.1. The number of nitrogens with one attached hydrogen (secondary N) is 1. The fourth-order valence-corrected chi connectivity index (χ4v) is 6.50. The summed E-state index contributed by atoms with van der Waals surface area (Å²) in [6.07, 6.45) is 1.22. The van der Waals surface area contributed by atoms with Gasteiger partial charge in [-0.15, -0.1) is 0 Å². The summed E-state index contributed by atoms with van der Waals surface area (Å²) in [6, 6.07) is 3.64. The number of alkyl halides is 3. The van der Waals surface area contributed by atoms with Crippen LogP contribution in [0.25, 0.3) is 11.3 Å². The lowest BCUT2D eigenvalue weighted by Crippen LogP contribution is -2.38. The maximum atomic E-state index is 13.5. The average molecular weight is 635 g/mol. The van der Waals surface area contributed by atoms with Crippen LogP contribution in [0.3, 0.4) is 0 Å². The molecule has 2 aliphatic heterocycles. The number of amides is 1. The highest BCUT2D eigenvalue weighted by Gasteiger charge is 2.35. The molecule has 0 radical (unpaired) electrons. The van der Waals surface area contributed by atoms with E-state index in [0.717, 1.165) is 30.3 Å². The van der Waals surface area contributed by atoms with E-state index in [0.29, 0.717) is 56.1 Å². The molecular weight excluding hydrogens is 601 g/mol. The van der Waals surface area contributed by atoms with Crippen molar-refractivity contribution >= 4 is 34.2 Å². The SMILES string of the molecule is COc1cc(-c2nc(NC(=O)c3cnc(N4CCC(C(=O)O)CC4)cn3)sc2CN2CCC[C@H](OC)C2)ccc1C(F)(F)F. The summed E-state index contributed by atoms with van der Waals surface area (Å²) in [5.41, 5.74) is 0.0460. The summed E-state index contributed by atoms with van der Waals surface area (Å²) in [5, 5.41) is 12.2. The number of carbonyl (C=O) groups is 2. The van der Waals surface area contributed by atoms with E-state index in [1.165, 1.54) is 43.0 Å². The maximum absolute atomic E-state index is 13.5. The third-order valence-electron chi connectivity index (χ3n) is 7.90. The third kappa shape index (κ3) is 7.27. The Morgan fingerprint density at radius 1 is 1.11 bits per heavy atom. The highest BCUT2D eigenvalue weighted by atomic mass is 32.1. The number of carboxylic acid groups (broad SMARTS) is 1. The van der Waals surface area contributed by atoms with Crippen molar-refractivity contribution in [2.24, 2.45) is 5.92 Å². The predicted molar refractivity (Wildman–Crippen MR) is 157 cm³/mol. The van der Waals surface area contributed by atoms with Crippen molar-refractivity contribution in [3.8, 4) is 17.0 Å². The van der Waals surface area contributed by atoms with E-state index >= 15 is 0 Å². The Morgan fingerprint density at radius 3 is 2.52 bits per heavy atom. The molecule has 1 amide bonds. The number of rotatable bonds is 9. The number of benzene rings is 1. The average Bonchev–Trinajstić information content (AvgIpc) is 3.42. The van der Waals surface area contributed by atoms with Crippen LogP contribution in [-0.4, -0.2) is 83.3 Å². The van der Waals surface area contributed by atoms with Crippen LogP contribution in [-0.2, 0) is 22.3 Å². The number of piperidine rings is 2. The molecule has 2 N–H and O–H groups in total. The largest absolute Gasteiger partial charge is 0.496 e. The fourth-order valence-electron chi connectivity index (χ4n) is 5.48. The zero-order valence-electron chi connectivity index (χ0n) is 24.3. The Morgan fingerprint density at radius 2 is 1.89 bits per heavy atom. The molecule has 1 atom stereocenters. The zero-order chi connectivity index (χ0) is 31.4. The van der Waals surface area contributed by atoms with Gasteiger partial charge in [0, 0.05) is 43.7 Å². The Labute approximate surface area is 256 Å². The molecule has 0 aliphatic carbocycles. The van der Waals surface area contributed by atoms with E-state index in [9.17, 15) is 27.9 Å². The van der Waals surface area contributed by atoms with Gasteiger partial charge in [0.25, 0.3) is 5.91 Å². The number of hydrogen-bond donors (Lipinski definition) is 2. The molecule has 15 heteroatoms. The molecule has 236 valence electrons. The molecule has 4 heterocycles. The van der Waals surface area contributed by atoms with Gasteiger partial charge in [0.2, 0.25) is 0 Å². The van der Waals surface area contributed by atoms with E-state index in [1.807, 2.05) is 4.90 Å². The van der Waals surface area contributed by atoms with Crippen LogP contribution in [0, 0.1) is 5.92 Å². The Hall–Kier alpha value is -3.82. The molecule has 2 fully saturated rings. The smallest absolute Gasteiger partial charge is 0.419 e. The number of methoxy groups -OCH3 is 2. The van der Waals surface area contributed by atoms with Crippen LogP contribution in [0.15, 0.2) is 30.6 Å². The van der Waals surface area contributed by atoms with Crippen molar-refractivity contribution in [2.45, 2.75) is 44.5 Å². The summed E-state index contributed by atoms with van der Waals surface area (Å²) in [4.78, 5) is 42.5. The second-order valence-electron chi connectivity index (χ2n) is 10.8. The molecule has 2 saturated heterocycles. The van der Waals surface area contributed by atoms with Gasteiger partial charge in [0.05, 0.1) is 42.8 Å². The Kier molecular flexibility index (Phi) is 9.65. The van der Waals surface area contributed by atoms with Crippen LogP contribution in [0.5, 0.6) is 5.75 Å². The number of hydrogen-bond acceptors (Lipinski definition) is 10. The molecule has 0 bridgehead atoms. The number of carbonyl (C=O) groups excluding carboxylic acids is 1. The second kappa shape index (κ2) is 13.4. The van der Waals surface area contributed by atoms with Gasteiger partial charge >= 0.3 is 12.1 Å². The molecule has 0 saturated carbocycles. The van der Waals surface area contributed by atoms with Crippen LogP contribution >= 0.6 is 11.3 Å². The maximum Gasteiger partial charge on any atom is 0.419 e. The van der Waals surface area contributed by atoms with Crippen molar-refractivity contribution in [1.29, 1.82) is 0 Å². The van der Waals surface area contributed by atoms with Crippen LogP contribution < -0.4 is 15.0 Å². The molecule has 2 aliphatic rings. The summed E-state index contributed by atoms with van der Waals surface area (Å²) in [7, 11) is 2.86. The number of carboxylic acids is 1. The molecular formula is C29H33F3N6O5S. The van der Waals surface area contributed by atoms with Gasteiger partial charge in [-0.1, -0.05) is 17.4 Å². The number of nitrogens with zero attached hydrogens (tertiary/aromatic N) is 5. The van der Waals surface area contributed by atoms with Gasteiger partial charge in [-0.05, 0) is 44.4 Å². The minimum absolute atomic E-state index is 0.0580. The van der Waals surface area contributed by atoms with Gasteiger partial charge < -0.3 is 19.5 Å². The Balaban J connectivity index is 1.36. The van der Waals surface area contributed by atoms with E-state index in [2.05, 4.69) is 25.2 Å². The lowest BCUT2D eigenvalue weighted by molar-refractivity contribution is -0.142. The molecule has 0 unspecified atom stereocenters. The number of halogens is 3. The van der Waals surface area contributed by atoms with E-state index in [-0.39, 0.29) is 28.6 Å². The summed E-state index contributed by atoms with van der Waals surface area (Å²) in [5.74, 6) is -1.49. The van der Waals surface area contributed by atoms with Crippen molar-refractivity contribution in [2.75, 3.05) is 50.6 Å². The Bertz CT molecular complexity index is 1480. The van der Waals surface area contributed by atoms with Gasteiger partial charge in [-0.25, -0.2) is 15.0 Å². The molecule has 0 spiro atoms. The quantitative estimate of drug-likeness (QED) is 0.339. The highest BCUT2D eigenvalue weighted by Crippen LogP contribution is 2.40. The fraction of sp³-hybridized carbons (Fsp3) is 0.483. The molecule has 1 aromatic carbocycles. The number of aromatic nitrogens is 3. The lowest BCUT2D eigenvalue weighted by atomic mass is 9.97. The molecule has 11 nitrogen and oxygen atoms in total. The van der Waals surface area contributed by atoms with E-state index in [4.69, 9.17) is 9.47 Å². The predicted octanol–water partition coefficient (Wildman–Crippen LogP) is 4.79. The van der Waals surface area contributed by atoms with Crippen LogP contribution in [0.1, 0.15) is 46.6 Å². The van der Waals surface area contributed by atoms with E-state index < -0.39 is 23.6 Å². The summed E-state index contributed by atoms with van der Waals surface area (Å²) >= 11 is 1.24. The van der Waals surface area contributed by atoms with Gasteiger partial charge in [-0.2, -0.15) is 13.2 Å². The van der Waals surface area contributed by atoms with Crippen molar-refractivity contribution in [3.63, 3.8) is 0 Å². The second-order valence-corrected chi connectivity index (χ2v) is 11.8. The lowest BCUT2D eigenvalue weighted by Gasteiger charge is -2.31. The van der Waals surface area contributed by atoms with Crippen molar-refractivity contribution in [1.82, 2.24) is 19.9 Å². The number of thiazole rings is 1. The van der Waals surface area contributed by atoms with Crippen molar-refractivity contribution < 1.29 is 37.3 Å². The number of anilines is 2. The normalized spacial score (nSPS) is 18.3. The van der Waals surface area contributed by atoms with Gasteiger partial charge in [-0.3, -0.25) is 19.8 Å². The number of aliphatic carboxylic acids is 1. The highest BCUT2D eigenvalue weighted by molar-refractivity contribution is 7.16. The molecule has 5 rings (SSSR count). The van der Waals surface area contributed by atoms with E-state index in [1.54, 1.807) is 7.11 Å². The number of likely N-dealkylation sites (tertiary alicyclic amines) is 1. The van der Waals surface area contributed by atoms with Gasteiger partial charge in [0.15, 0.2) is 5.13 Å².